The lowest BCUT2D eigenvalue weighted by molar-refractivity contribution is 0.430. The molecule has 170 valence electrons. The first-order valence-electron chi connectivity index (χ1n) is 13.8. The van der Waals surface area contributed by atoms with Crippen LogP contribution in [0.2, 0.25) is 0 Å². The van der Waals surface area contributed by atoms with Gasteiger partial charge in [-0.1, -0.05) is 175 Å². The zero-order valence-corrected chi connectivity index (χ0v) is 20.5. The predicted molar refractivity (Wildman–Crippen MR) is 131 cm³/mol. The van der Waals surface area contributed by atoms with Gasteiger partial charge in [0.25, 0.3) is 0 Å². The molecule has 0 fully saturated rings. The van der Waals surface area contributed by atoms with E-state index < -0.39 is 0 Å². The first-order chi connectivity index (χ1) is 13.8. The van der Waals surface area contributed by atoms with Crippen LogP contribution >= 0.6 is 0 Å². The fraction of sp³-hybridized carbons (Fsp3) is 1.00. The van der Waals surface area contributed by atoms with Gasteiger partial charge >= 0.3 is 0 Å². The zero-order chi connectivity index (χ0) is 20.5. The summed E-state index contributed by atoms with van der Waals surface area (Å²) in [6.07, 6.45) is 35.3. The van der Waals surface area contributed by atoms with Crippen LogP contribution in [0, 0.1) is 5.92 Å². The Hall–Kier alpha value is 0. The maximum absolute atomic E-state index is 2.48. The van der Waals surface area contributed by atoms with E-state index in [1.54, 1.807) is 0 Å². The fourth-order valence-corrected chi connectivity index (χ4v) is 4.46. The molecular formula is C28H58. The summed E-state index contributed by atoms with van der Waals surface area (Å²) in [7, 11) is 0. The van der Waals surface area contributed by atoms with Crippen molar-refractivity contribution in [3.05, 3.63) is 0 Å². The zero-order valence-electron chi connectivity index (χ0n) is 20.5. The summed E-state index contributed by atoms with van der Waals surface area (Å²) in [6, 6.07) is 0. The van der Waals surface area contributed by atoms with Crippen molar-refractivity contribution in [2.24, 2.45) is 5.92 Å². The number of hydrogen-bond donors (Lipinski definition) is 0. The third-order valence-corrected chi connectivity index (χ3v) is 6.60. The molecule has 0 N–H and O–H groups in total. The van der Waals surface area contributed by atoms with Gasteiger partial charge in [-0.25, -0.2) is 0 Å². The van der Waals surface area contributed by atoms with E-state index in [0.717, 1.165) is 5.92 Å². The molecule has 0 amide bonds. The quantitative estimate of drug-likeness (QED) is 0.143. The molecule has 0 aromatic rings. The molecule has 0 heterocycles. The molecule has 0 aliphatic rings. The lowest BCUT2D eigenvalue weighted by atomic mass is 9.96. The van der Waals surface area contributed by atoms with Gasteiger partial charge in [0.1, 0.15) is 0 Å². The monoisotopic (exact) mass is 394 g/mol. The Bertz CT molecular complexity index is 257. The second-order valence-corrected chi connectivity index (χ2v) is 9.75. The summed E-state index contributed by atoms with van der Waals surface area (Å²) in [4.78, 5) is 0. The summed E-state index contributed by atoms with van der Waals surface area (Å²) in [5.74, 6) is 0.970. The van der Waals surface area contributed by atoms with Crippen molar-refractivity contribution in [3.8, 4) is 0 Å². The average molecular weight is 395 g/mol. The van der Waals surface area contributed by atoms with Crippen LogP contribution in [0.25, 0.3) is 0 Å². The van der Waals surface area contributed by atoms with Crippen LogP contribution in [-0.2, 0) is 0 Å². The molecule has 0 radical (unpaired) electrons. The van der Waals surface area contributed by atoms with Gasteiger partial charge in [-0.15, -0.1) is 0 Å². The third kappa shape index (κ3) is 24.0. The van der Waals surface area contributed by atoms with E-state index in [4.69, 9.17) is 0 Å². The molecule has 0 saturated heterocycles. The summed E-state index contributed by atoms with van der Waals surface area (Å²) in [5.41, 5.74) is 0. The summed E-state index contributed by atoms with van der Waals surface area (Å²) >= 11 is 0. The van der Waals surface area contributed by atoms with E-state index in [-0.39, 0.29) is 0 Å². The predicted octanol–water partition coefficient (Wildman–Crippen LogP) is 11.0. The average Bonchev–Trinajstić information content (AvgIpc) is 2.70. The highest BCUT2D eigenvalue weighted by Gasteiger charge is 2.02. The Balaban J connectivity index is 3.09. The number of unbranched alkanes of at least 4 members (excludes halogenated alkanes) is 20. The van der Waals surface area contributed by atoms with Crippen LogP contribution in [0.15, 0.2) is 0 Å². The molecule has 0 aromatic heterocycles. The van der Waals surface area contributed by atoms with Crippen LogP contribution in [0.3, 0.4) is 0 Å². The van der Waals surface area contributed by atoms with Crippen molar-refractivity contribution in [1.82, 2.24) is 0 Å². The van der Waals surface area contributed by atoms with Crippen molar-refractivity contribution in [2.45, 2.75) is 175 Å². The van der Waals surface area contributed by atoms with Crippen LogP contribution in [-0.4, -0.2) is 0 Å². The highest BCUT2D eigenvalue weighted by Crippen LogP contribution is 2.19. The van der Waals surface area contributed by atoms with Gasteiger partial charge in [-0.2, -0.15) is 0 Å². The van der Waals surface area contributed by atoms with Crippen LogP contribution in [0.1, 0.15) is 175 Å². The number of rotatable bonds is 24. The van der Waals surface area contributed by atoms with Gasteiger partial charge in [-0.3, -0.25) is 0 Å². The van der Waals surface area contributed by atoms with E-state index in [1.807, 2.05) is 0 Å². The topological polar surface area (TPSA) is 0 Å². The fourth-order valence-electron chi connectivity index (χ4n) is 4.46. The molecule has 0 bridgehead atoms. The Morgan fingerprint density at radius 1 is 0.321 bits per heavy atom. The van der Waals surface area contributed by atoms with Gasteiger partial charge in [-0.05, 0) is 5.92 Å². The molecule has 1 atom stereocenters. The molecule has 0 aliphatic heterocycles. The summed E-state index contributed by atoms with van der Waals surface area (Å²) < 4.78 is 0. The lowest BCUT2D eigenvalue weighted by Crippen LogP contribution is -1.95. The Morgan fingerprint density at radius 3 is 0.786 bits per heavy atom. The minimum absolute atomic E-state index is 0.970. The van der Waals surface area contributed by atoms with Gasteiger partial charge in [0.2, 0.25) is 0 Å². The normalized spacial score (nSPS) is 12.5. The molecule has 0 saturated carbocycles. The van der Waals surface area contributed by atoms with Gasteiger partial charge in [0.05, 0.1) is 0 Å². The summed E-state index contributed by atoms with van der Waals surface area (Å²) in [5, 5.41) is 0. The minimum atomic E-state index is 0.970. The van der Waals surface area contributed by atoms with E-state index in [0.29, 0.717) is 0 Å². The molecule has 0 heteroatoms. The first kappa shape index (κ1) is 28.0. The van der Waals surface area contributed by atoms with Crippen molar-refractivity contribution < 1.29 is 0 Å². The van der Waals surface area contributed by atoms with Crippen molar-refractivity contribution in [1.29, 1.82) is 0 Å². The van der Waals surface area contributed by atoms with E-state index in [9.17, 15) is 0 Å². The highest BCUT2D eigenvalue weighted by atomic mass is 14.1. The molecule has 0 aliphatic carbocycles. The molecule has 0 rings (SSSR count). The molecule has 0 aromatic carbocycles. The second kappa shape index (κ2) is 25.0. The van der Waals surface area contributed by atoms with Crippen molar-refractivity contribution >= 4 is 0 Å². The lowest BCUT2D eigenvalue weighted by Gasteiger charge is -2.11. The Labute approximate surface area is 181 Å². The molecule has 0 unspecified atom stereocenters. The first-order valence-corrected chi connectivity index (χ1v) is 13.8. The van der Waals surface area contributed by atoms with E-state index >= 15 is 0 Å². The third-order valence-electron chi connectivity index (χ3n) is 6.60. The minimum Gasteiger partial charge on any atom is -0.0654 e. The van der Waals surface area contributed by atoms with E-state index in [2.05, 4.69) is 20.8 Å². The SMILES string of the molecule is CCCCCCCCCCCCCCCCCC[C@@H](C)CCCCCCCC. The maximum Gasteiger partial charge on any atom is -0.0443 e. The maximum atomic E-state index is 2.48. The standard InChI is InChI=1S/C28H58/c1-4-6-8-10-12-13-14-15-16-17-18-19-20-21-23-25-27-28(3)26-24-22-11-9-7-5-2/h28H,4-27H2,1-3H3/t28-/m0/s1. The largest absolute Gasteiger partial charge is 0.0654 e. The Kier molecular flexibility index (Phi) is 25.0. The van der Waals surface area contributed by atoms with Crippen molar-refractivity contribution in [2.75, 3.05) is 0 Å². The van der Waals surface area contributed by atoms with Crippen LogP contribution < -0.4 is 0 Å². The Morgan fingerprint density at radius 2 is 0.536 bits per heavy atom. The van der Waals surface area contributed by atoms with Crippen LogP contribution in [0.5, 0.6) is 0 Å². The number of hydrogen-bond acceptors (Lipinski definition) is 0. The highest BCUT2D eigenvalue weighted by molar-refractivity contribution is 4.56. The smallest absolute Gasteiger partial charge is 0.0443 e. The molecular weight excluding hydrogens is 336 g/mol. The van der Waals surface area contributed by atoms with Gasteiger partial charge < -0.3 is 0 Å². The van der Waals surface area contributed by atoms with Crippen molar-refractivity contribution in [3.63, 3.8) is 0 Å². The summed E-state index contributed by atoms with van der Waals surface area (Å²) in [6.45, 7) is 7.09. The molecule has 0 spiro atoms. The van der Waals surface area contributed by atoms with Crippen LogP contribution in [0.4, 0.5) is 0 Å². The van der Waals surface area contributed by atoms with Gasteiger partial charge in [0, 0.05) is 0 Å². The molecule has 0 nitrogen and oxygen atoms in total. The second-order valence-electron chi connectivity index (χ2n) is 9.75. The van der Waals surface area contributed by atoms with Gasteiger partial charge in [0.15, 0.2) is 0 Å². The molecule has 28 heavy (non-hydrogen) atoms. The van der Waals surface area contributed by atoms with E-state index in [1.165, 1.54) is 154 Å².